The molecule has 1 unspecified atom stereocenters. The van der Waals surface area contributed by atoms with Crippen LogP contribution in [-0.2, 0) is 24.8 Å². The SMILES string of the molecule is Cn1c(=O)[nH]c2c(c1=O)CN(C(C(=O)O)c1ccccc1)CC2. The standard InChI is InChI=1S/C16H17N3O4/c1-18-14(20)11-9-19(8-7-12(11)17-16(18)23)13(15(21)22)10-5-3-2-4-6-10/h2-6,13H,7-9H2,1H3,(H,17,23)(H,21,22). The number of carbonyl (C=O) groups is 1. The second-order valence-electron chi connectivity index (χ2n) is 5.62. The number of nitrogens with one attached hydrogen (secondary N) is 1. The van der Waals surface area contributed by atoms with Crippen molar-refractivity contribution in [1.29, 1.82) is 0 Å². The van der Waals surface area contributed by atoms with Crippen LogP contribution in [0.15, 0.2) is 39.9 Å². The molecule has 7 heteroatoms. The maximum absolute atomic E-state index is 12.3. The number of benzene rings is 1. The molecule has 2 aromatic rings. The quantitative estimate of drug-likeness (QED) is 0.847. The van der Waals surface area contributed by atoms with E-state index in [-0.39, 0.29) is 12.1 Å². The van der Waals surface area contributed by atoms with Crippen LogP contribution in [-0.4, -0.2) is 32.1 Å². The zero-order valence-electron chi connectivity index (χ0n) is 12.7. The van der Waals surface area contributed by atoms with Gasteiger partial charge < -0.3 is 10.1 Å². The number of aromatic amines is 1. The molecule has 0 bridgehead atoms. The number of carboxylic acid groups (broad SMARTS) is 1. The first-order valence-electron chi connectivity index (χ1n) is 7.32. The molecule has 0 amide bonds. The van der Waals surface area contributed by atoms with E-state index in [1.807, 2.05) is 6.07 Å². The predicted molar refractivity (Wildman–Crippen MR) is 83.2 cm³/mol. The highest BCUT2D eigenvalue weighted by Gasteiger charge is 2.31. The summed E-state index contributed by atoms with van der Waals surface area (Å²) in [6.07, 6.45) is 0.442. The first-order chi connectivity index (χ1) is 11.0. The van der Waals surface area contributed by atoms with E-state index in [0.29, 0.717) is 29.8 Å². The van der Waals surface area contributed by atoms with E-state index in [1.54, 1.807) is 29.2 Å². The number of H-pyrrole nitrogens is 1. The van der Waals surface area contributed by atoms with Crippen molar-refractivity contribution in [2.75, 3.05) is 6.54 Å². The highest BCUT2D eigenvalue weighted by molar-refractivity contribution is 5.75. The predicted octanol–water partition coefficient (Wildman–Crippen LogP) is 0.258. The Kier molecular flexibility index (Phi) is 3.87. The highest BCUT2D eigenvalue weighted by atomic mass is 16.4. The van der Waals surface area contributed by atoms with E-state index < -0.39 is 17.7 Å². The van der Waals surface area contributed by atoms with Gasteiger partial charge in [-0.2, -0.15) is 0 Å². The van der Waals surface area contributed by atoms with Crippen molar-refractivity contribution in [3.05, 3.63) is 68.0 Å². The summed E-state index contributed by atoms with van der Waals surface area (Å²) in [6, 6.07) is 8.12. The van der Waals surface area contributed by atoms with Gasteiger partial charge in [0, 0.05) is 32.3 Å². The molecule has 1 aromatic heterocycles. The first-order valence-corrected chi connectivity index (χ1v) is 7.32. The Morgan fingerprint density at radius 2 is 1.96 bits per heavy atom. The molecule has 23 heavy (non-hydrogen) atoms. The second kappa shape index (κ2) is 5.85. The molecule has 1 atom stereocenters. The topological polar surface area (TPSA) is 95.4 Å². The summed E-state index contributed by atoms with van der Waals surface area (Å²) in [5, 5.41) is 9.61. The van der Waals surface area contributed by atoms with Crippen LogP contribution >= 0.6 is 0 Å². The van der Waals surface area contributed by atoms with E-state index in [9.17, 15) is 19.5 Å². The molecule has 1 aliphatic rings. The average Bonchev–Trinajstić information content (AvgIpc) is 2.54. The molecule has 0 fully saturated rings. The van der Waals surface area contributed by atoms with Crippen LogP contribution in [0.5, 0.6) is 0 Å². The summed E-state index contributed by atoms with van der Waals surface area (Å²) in [4.78, 5) is 40.1. The van der Waals surface area contributed by atoms with Gasteiger partial charge in [0.15, 0.2) is 0 Å². The van der Waals surface area contributed by atoms with Gasteiger partial charge >= 0.3 is 11.7 Å². The van der Waals surface area contributed by atoms with E-state index in [2.05, 4.69) is 4.98 Å². The molecular formula is C16H17N3O4. The minimum Gasteiger partial charge on any atom is -0.480 e. The van der Waals surface area contributed by atoms with Gasteiger partial charge in [-0.15, -0.1) is 0 Å². The largest absolute Gasteiger partial charge is 0.480 e. The molecule has 0 saturated carbocycles. The molecule has 2 heterocycles. The van der Waals surface area contributed by atoms with Crippen molar-refractivity contribution in [3.8, 4) is 0 Å². The first kappa shape index (κ1) is 15.2. The van der Waals surface area contributed by atoms with Gasteiger partial charge in [0.05, 0.1) is 5.56 Å². The van der Waals surface area contributed by atoms with Crippen molar-refractivity contribution in [1.82, 2.24) is 14.5 Å². The molecular weight excluding hydrogens is 298 g/mol. The summed E-state index contributed by atoms with van der Waals surface area (Å²) in [6.45, 7) is 0.659. The van der Waals surface area contributed by atoms with Crippen LogP contribution in [0, 0.1) is 0 Å². The summed E-state index contributed by atoms with van der Waals surface area (Å²) in [7, 11) is 1.41. The average molecular weight is 315 g/mol. The Hall–Kier alpha value is -2.67. The van der Waals surface area contributed by atoms with E-state index in [1.165, 1.54) is 7.05 Å². The molecule has 7 nitrogen and oxygen atoms in total. The Morgan fingerprint density at radius 1 is 1.26 bits per heavy atom. The van der Waals surface area contributed by atoms with Crippen LogP contribution in [0.4, 0.5) is 0 Å². The smallest absolute Gasteiger partial charge is 0.328 e. The van der Waals surface area contributed by atoms with Gasteiger partial charge in [-0.05, 0) is 5.56 Å². The van der Waals surface area contributed by atoms with Crippen LogP contribution in [0.3, 0.4) is 0 Å². The van der Waals surface area contributed by atoms with Crippen LogP contribution in [0.2, 0.25) is 0 Å². The molecule has 0 spiro atoms. The Morgan fingerprint density at radius 3 is 2.61 bits per heavy atom. The maximum atomic E-state index is 12.3. The van der Waals surface area contributed by atoms with Crippen molar-refractivity contribution in [3.63, 3.8) is 0 Å². The van der Waals surface area contributed by atoms with Crippen molar-refractivity contribution in [2.24, 2.45) is 7.05 Å². The van der Waals surface area contributed by atoms with Crippen LogP contribution in [0.1, 0.15) is 22.9 Å². The summed E-state index contributed by atoms with van der Waals surface area (Å²) >= 11 is 0. The molecule has 120 valence electrons. The van der Waals surface area contributed by atoms with Gasteiger partial charge in [0.25, 0.3) is 5.56 Å². The molecule has 0 aliphatic carbocycles. The maximum Gasteiger partial charge on any atom is 0.328 e. The fourth-order valence-electron chi connectivity index (χ4n) is 2.99. The van der Waals surface area contributed by atoms with Crippen molar-refractivity contribution in [2.45, 2.75) is 19.0 Å². The molecule has 0 saturated heterocycles. The minimum absolute atomic E-state index is 0.199. The fraction of sp³-hybridized carbons (Fsp3) is 0.312. The highest BCUT2D eigenvalue weighted by Crippen LogP contribution is 2.25. The van der Waals surface area contributed by atoms with E-state index in [0.717, 1.165) is 4.57 Å². The van der Waals surface area contributed by atoms with Gasteiger partial charge in [0.1, 0.15) is 6.04 Å². The summed E-state index contributed by atoms with van der Waals surface area (Å²) < 4.78 is 1.01. The monoisotopic (exact) mass is 315 g/mol. The number of fused-ring (bicyclic) bond motifs is 1. The Balaban J connectivity index is 2.00. The molecule has 2 N–H and O–H groups in total. The Labute approximate surface area is 131 Å². The third-order valence-electron chi connectivity index (χ3n) is 4.21. The number of nitrogens with zero attached hydrogens (tertiary/aromatic N) is 2. The van der Waals surface area contributed by atoms with Crippen LogP contribution < -0.4 is 11.2 Å². The lowest BCUT2D eigenvalue weighted by Crippen LogP contribution is -2.45. The van der Waals surface area contributed by atoms with Gasteiger partial charge in [0.2, 0.25) is 0 Å². The van der Waals surface area contributed by atoms with Crippen molar-refractivity contribution < 1.29 is 9.90 Å². The fourth-order valence-corrected chi connectivity index (χ4v) is 2.99. The minimum atomic E-state index is -0.958. The van der Waals surface area contributed by atoms with E-state index in [4.69, 9.17) is 0 Å². The Bertz CT molecular complexity index is 854. The van der Waals surface area contributed by atoms with Gasteiger partial charge in [-0.1, -0.05) is 30.3 Å². The molecule has 3 rings (SSSR count). The number of hydrogen-bond acceptors (Lipinski definition) is 4. The van der Waals surface area contributed by atoms with Crippen LogP contribution in [0.25, 0.3) is 0 Å². The number of aliphatic carboxylic acids is 1. The van der Waals surface area contributed by atoms with E-state index >= 15 is 0 Å². The zero-order valence-corrected chi connectivity index (χ0v) is 12.7. The number of aromatic nitrogens is 2. The van der Waals surface area contributed by atoms with Gasteiger partial charge in [-0.25, -0.2) is 4.79 Å². The lowest BCUT2D eigenvalue weighted by atomic mass is 10.0. The van der Waals surface area contributed by atoms with Crippen molar-refractivity contribution >= 4 is 5.97 Å². The number of rotatable bonds is 3. The normalized spacial score (nSPS) is 15.9. The lowest BCUT2D eigenvalue weighted by Gasteiger charge is -2.32. The zero-order chi connectivity index (χ0) is 16.6. The molecule has 1 aromatic carbocycles. The number of carboxylic acids is 1. The second-order valence-corrected chi connectivity index (χ2v) is 5.62. The number of hydrogen-bond donors (Lipinski definition) is 2. The molecule has 0 radical (unpaired) electrons. The van der Waals surface area contributed by atoms with Gasteiger partial charge in [-0.3, -0.25) is 19.1 Å². The summed E-state index contributed by atoms with van der Waals surface area (Å²) in [5.41, 5.74) is 0.919. The molecule has 1 aliphatic heterocycles. The third-order valence-corrected chi connectivity index (χ3v) is 4.21. The lowest BCUT2D eigenvalue weighted by molar-refractivity contribution is -0.144. The summed E-state index contributed by atoms with van der Waals surface area (Å²) in [5.74, 6) is -0.958. The third kappa shape index (κ3) is 2.70.